The molecule has 0 aliphatic heterocycles. The van der Waals surface area contributed by atoms with Crippen LogP contribution in [0.3, 0.4) is 0 Å². The highest BCUT2D eigenvalue weighted by Crippen LogP contribution is 2.58. The Morgan fingerprint density at radius 2 is 2.05 bits per heavy atom. The lowest BCUT2D eigenvalue weighted by Crippen LogP contribution is -2.55. The Morgan fingerprint density at radius 3 is 2.67 bits per heavy atom. The van der Waals surface area contributed by atoms with Gasteiger partial charge in [0.25, 0.3) is 0 Å². The Labute approximate surface area is 141 Å². The molecule has 1 saturated carbocycles. The van der Waals surface area contributed by atoms with Crippen LogP contribution in [-0.2, 0) is 0 Å². The average Bonchev–Trinajstić information content (AvgIpc) is 2.35. The first kappa shape index (κ1) is 17.3. The average molecular weight is 351 g/mol. The highest BCUT2D eigenvalue weighted by Gasteiger charge is 2.54. The molecule has 21 heavy (non-hydrogen) atoms. The smallest absolute Gasteiger partial charge is 0.196 e. The van der Waals surface area contributed by atoms with Crippen molar-refractivity contribution in [1.82, 2.24) is 0 Å². The second-order valence-electron chi connectivity index (χ2n) is 7.08. The molecule has 1 N–H and O–H groups in total. The van der Waals surface area contributed by atoms with Crippen LogP contribution >= 0.6 is 34.8 Å². The van der Waals surface area contributed by atoms with E-state index >= 15 is 0 Å². The number of hydrogen-bond donors (Lipinski definition) is 1. The number of aliphatic hydroxyl groups is 1. The largest absolute Gasteiger partial charge is 0.392 e. The molecule has 0 aromatic rings. The van der Waals surface area contributed by atoms with Gasteiger partial charge in [0.1, 0.15) is 0 Å². The second kappa shape index (κ2) is 6.23. The molecule has 1 fully saturated rings. The minimum atomic E-state index is -0.457. The molecule has 0 bridgehead atoms. The monoisotopic (exact) mass is 349 g/mol. The maximum atomic E-state index is 10.3. The lowest BCUT2D eigenvalue weighted by molar-refractivity contribution is -0.0656. The van der Waals surface area contributed by atoms with Gasteiger partial charge in [0.05, 0.1) is 11.5 Å². The van der Waals surface area contributed by atoms with Gasteiger partial charge < -0.3 is 5.11 Å². The van der Waals surface area contributed by atoms with Crippen molar-refractivity contribution in [3.05, 3.63) is 23.9 Å². The summed E-state index contributed by atoms with van der Waals surface area (Å²) >= 11 is 17.5. The molecule has 0 heterocycles. The van der Waals surface area contributed by atoms with E-state index < -0.39 is 6.10 Å². The quantitative estimate of drug-likeness (QED) is 0.547. The van der Waals surface area contributed by atoms with Gasteiger partial charge >= 0.3 is 0 Å². The molecule has 0 amide bonds. The zero-order chi connectivity index (χ0) is 15.8. The molecule has 2 nitrogen and oxygen atoms in total. The Bertz CT molecular complexity index is 494. The van der Waals surface area contributed by atoms with Gasteiger partial charge in [-0.25, -0.2) is 4.99 Å². The molecule has 118 valence electrons. The van der Waals surface area contributed by atoms with Crippen molar-refractivity contribution in [2.45, 2.75) is 51.5 Å². The normalized spacial score (nSPS) is 38.8. The third-order valence-corrected chi connectivity index (χ3v) is 6.20. The summed E-state index contributed by atoms with van der Waals surface area (Å²) in [5.41, 5.74) is 1.18. The Hall–Kier alpha value is -0.0200. The van der Waals surface area contributed by atoms with Crippen LogP contribution in [0.1, 0.15) is 40.0 Å². The van der Waals surface area contributed by atoms with E-state index in [4.69, 9.17) is 34.8 Å². The molecule has 1 unspecified atom stereocenters. The number of rotatable bonds is 2. The number of fused-ring (bicyclic) bond motifs is 1. The molecule has 2 rings (SSSR count). The first-order valence-electron chi connectivity index (χ1n) is 7.23. The van der Waals surface area contributed by atoms with Crippen LogP contribution in [0.4, 0.5) is 0 Å². The maximum Gasteiger partial charge on any atom is 0.196 e. The van der Waals surface area contributed by atoms with Crippen LogP contribution in [0.2, 0.25) is 0 Å². The third-order valence-electron chi connectivity index (χ3n) is 5.15. The molecule has 5 heteroatoms. The van der Waals surface area contributed by atoms with Gasteiger partial charge in [-0.15, -0.1) is 11.6 Å². The van der Waals surface area contributed by atoms with Crippen molar-refractivity contribution < 1.29 is 5.11 Å². The number of alkyl halides is 1. The van der Waals surface area contributed by atoms with Crippen LogP contribution < -0.4 is 0 Å². The van der Waals surface area contributed by atoms with E-state index in [9.17, 15) is 5.11 Å². The predicted molar refractivity (Wildman–Crippen MR) is 91.2 cm³/mol. The number of hydrogen-bond acceptors (Lipinski definition) is 2. The van der Waals surface area contributed by atoms with Gasteiger partial charge in [0, 0.05) is 6.20 Å². The van der Waals surface area contributed by atoms with Crippen LogP contribution in [0, 0.1) is 16.7 Å². The zero-order valence-corrected chi connectivity index (χ0v) is 14.9. The summed E-state index contributed by atoms with van der Waals surface area (Å²) in [6.07, 6.45) is 7.97. The van der Waals surface area contributed by atoms with Gasteiger partial charge in [0.2, 0.25) is 0 Å². The summed E-state index contributed by atoms with van der Waals surface area (Å²) < 4.78 is 0.00551. The second-order valence-corrected chi connectivity index (χ2v) is 8.46. The molecule has 4 atom stereocenters. The molecule has 0 aromatic carbocycles. The lowest BCUT2D eigenvalue weighted by Gasteiger charge is -2.56. The summed E-state index contributed by atoms with van der Waals surface area (Å²) in [5, 5.41) is 10.1. The van der Waals surface area contributed by atoms with E-state index in [1.54, 1.807) is 6.20 Å². The number of nitrogens with zero attached hydrogens (tertiary/aromatic N) is 1. The molecule has 2 aliphatic carbocycles. The van der Waals surface area contributed by atoms with Crippen LogP contribution in [0.5, 0.6) is 0 Å². The minimum absolute atomic E-state index is 0.00551. The van der Waals surface area contributed by atoms with E-state index in [1.807, 2.05) is 6.08 Å². The Morgan fingerprint density at radius 1 is 1.38 bits per heavy atom. The number of aliphatic imine (C=N–C) groups is 1. The summed E-state index contributed by atoms with van der Waals surface area (Å²) in [6.45, 7) is 6.59. The van der Waals surface area contributed by atoms with Gasteiger partial charge in [-0.2, -0.15) is 0 Å². The summed E-state index contributed by atoms with van der Waals surface area (Å²) in [5.74, 6) is 0.466. The van der Waals surface area contributed by atoms with Gasteiger partial charge in [0.15, 0.2) is 4.63 Å². The fourth-order valence-electron chi connectivity index (χ4n) is 4.22. The van der Waals surface area contributed by atoms with E-state index in [0.717, 1.165) is 19.3 Å². The van der Waals surface area contributed by atoms with Crippen LogP contribution in [0.15, 0.2) is 28.9 Å². The van der Waals surface area contributed by atoms with Crippen LogP contribution in [-0.4, -0.2) is 21.2 Å². The topological polar surface area (TPSA) is 32.6 Å². The van der Waals surface area contributed by atoms with Crippen molar-refractivity contribution in [3.8, 4) is 0 Å². The first-order valence-corrected chi connectivity index (χ1v) is 8.42. The lowest BCUT2D eigenvalue weighted by atomic mass is 9.51. The van der Waals surface area contributed by atoms with E-state index in [2.05, 4.69) is 31.8 Å². The summed E-state index contributed by atoms with van der Waals surface area (Å²) in [6, 6.07) is 0. The number of halogens is 3. The highest BCUT2D eigenvalue weighted by molar-refractivity contribution is 6.95. The van der Waals surface area contributed by atoms with Crippen molar-refractivity contribution in [2.75, 3.05) is 0 Å². The number of allylic oxidation sites excluding steroid dienone is 3. The molecule has 0 radical (unpaired) electrons. The predicted octanol–water partition coefficient (Wildman–Crippen LogP) is 5.07. The van der Waals surface area contributed by atoms with Gasteiger partial charge in [-0.05, 0) is 70.9 Å². The van der Waals surface area contributed by atoms with Gasteiger partial charge in [-0.1, -0.05) is 26.8 Å². The first-order chi connectivity index (χ1) is 9.67. The molecular formula is C16H22Cl3NO. The molecule has 2 aliphatic rings. The van der Waals surface area contributed by atoms with Crippen molar-refractivity contribution >= 4 is 39.4 Å². The minimum Gasteiger partial charge on any atom is -0.392 e. The fourth-order valence-corrected chi connectivity index (χ4v) is 4.57. The fraction of sp³-hybridized carbons (Fsp3) is 0.688. The van der Waals surface area contributed by atoms with Crippen molar-refractivity contribution in [3.63, 3.8) is 0 Å². The molecule has 0 aromatic heterocycles. The van der Waals surface area contributed by atoms with Crippen molar-refractivity contribution in [2.24, 2.45) is 21.7 Å². The molecule has 0 spiro atoms. The number of aliphatic hydroxyl groups excluding tert-OH is 1. The van der Waals surface area contributed by atoms with Crippen molar-refractivity contribution in [1.29, 1.82) is 0 Å². The Balaban J connectivity index is 2.24. The van der Waals surface area contributed by atoms with E-state index in [1.165, 1.54) is 5.57 Å². The zero-order valence-electron chi connectivity index (χ0n) is 12.6. The summed E-state index contributed by atoms with van der Waals surface area (Å²) in [7, 11) is 0. The SMILES string of the molecule is CC1(C)C2CC=C(/C=C\N=C(Cl)Cl)C[C@@]2(C)C[C@H](O)[C@@H]1Cl. The van der Waals surface area contributed by atoms with E-state index in [0.29, 0.717) is 5.92 Å². The Kier molecular flexibility index (Phi) is 5.15. The standard InChI is InChI=1S/C16H22Cl3NO/c1-15(2)12-5-4-10(6-7-20-14(18)19)8-16(12,3)9-11(21)13(15)17/h4,6-7,11-13,21H,5,8-9H2,1-3H3/b7-6-/t11-,12?,13-,16-/m0/s1. The molecule has 0 saturated heterocycles. The molecular weight excluding hydrogens is 329 g/mol. The highest BCUT2D eigenvalue weighted by atomic mass is 35.5. The third kappa shape index (κ3) is 3.50. The summed E-state index contributed by atoms with van der Waals surface area (Å²) in [4.78, 5) is 3.86. The van der Waals surface area contributed by atoms with Crippen LogP contribution in [0.25, 0.3) is 0 Å². The van der Waals surface area contributed by atoms with E-state index in [-0.39, 0.29) is 20.8 Å². The maximum absolute atomic E-state index is 10.3. The van der Waals surface area contributed by atoms with Gasteiger partial charge in [-0.3, -0.25) is 0 Å².